The van der Waals surface area contributed by atoms with E-state index in [1.807, 2.05) is 30.5 Å². The number of piperazine rings is 1. The van der Waals surface area contributed by atoms with Gasteiger partial charge >= 0.3 is 0 Å². The summed E-state index contributed by atoms with van der Waals surface area (Å²) in [4.78, 5) is 2.40. The zero-order valence-electron chi connectivity index (χ0n) is 11.8. The normalized spacial score (nSPS) is 15.7. The highest BCUT2D eigenvalue weighted by molar-refractivity contribution is 6.30. The highest BCUT2D eigenvalue weighted by atomic mass is 35.5. The maximum Gasteiger partial charge on any atom is 0.0542 e. The molecule has 1 heterocycles. The topological polar surface area (TPSA) is 18.8 Å². The Hall–Kier alpha value is -2.00. The molecule has 0 bridgehead atoms. The summed E-state index contributed by atoms with van der Waals surface area (Å²) in [5.74, 6) is 0. The molecule has 1 aliphatic rings. The van der Waals surface area contributed by atoms with E-state index >= 15 is 0 Å². The second kappa shape index (κ2) is 6.64. The van der Waals surface area contributed by atoms with Gasteiger partial charge in [-0.1, -0.05) is 41.9 Å². The van der Waals surface area contributed by atoms with E-state index < -0.39 is 0 Å². The Morgan fingerprint density at radius 2 is 1.52 bits per heavy atom. The Morgan fingerprint density at radius 3 is 2.19 bits per heavy atom. The van der Waals surface area contributed by atoms with Crippen LogP contribution in [-0.2, 0) is 0 Å². The molecular weight excluding hydrogens is 282 g/mol. The van der Waals surface area contributed by atoms with E-state index in [0.717, 1.165) is 36.8 Å². The number of hydrogen-bond acceptors (Lipinski definition) is 3. The monoisotopic (exact) mass is 299 g/mol. The highest BCUT2D eigenvalue weighted by Crippen LogP contribution is 2.15. The van der Waals surface area contributed by atoms with Gasteiger partial charge in [0.1, 0.15) is 0 Å². The highest BCUT2D eigenvalue weighted by Gasteiger charge is 2.15. The summed E-state index contributed by atoms with van der Waals surface area (Å²) in [5.41, 5.74) is 2.36. The van der Waals surface area contributed by atoms with Crippen molar-refractivity contribution in [1.29, 1.82) is 0 Å². The van der Waals surface area contributed by atoms with E-state index in [-0.39, 0.29) is 0 Å². The SMILES string of the molecule is Clc1ccc(/C=N\N2CCN(c3ccccc3)CC2)cc1. The van der Waals surface area contributed by atoms with Crippen LogP contribution in [0.25, 0.3) is 0 Å². The van der Waals surface area contributed by atoms with Crippen LogP contribution in [0, 0.1) is 0 Å². The molecule has 0 spiro atoms. The first-order chi connectivity index (χ1) is 10.3. The van der Waals surface area contributed by atoms with Crippen molar-refractivity contribution in [2.24, 2.45) is 5.10 Å². The lowest BCUT2D eigenvalue weighted by molar-refractivity contribution is 0.272. The minimum absolute atomic E-state index is 0.753. The molecule has 1 fully saturated rings. The number of anilines is 1. The number of hydrogen-bond donors (Lipinski definition) is 0. The van der Waals surface area contributed by atoms with Crippen LogP contribution in [0.4, 0.5) is 5.69 Å². The van der Waals surface area contributed by atoms with E-state index in [1.54, 1.807) is 0 Å². The Kier molecular flexibility index (Phi) is 4.41. The number of nitrogens with zero attached hydrogens (tertiary/aromatic N) is 3. The molecule has 1 aliphatic heterocycles. The van der Waals surface area contributed by atoms with Gasteiger partial charge in [-0.2, -0.15) is 5.10 Å². The molecule has 0 unspecified atom stereocenters. The zero-order valence-corrected chi connectivity index (χ0v) is 12.6. The number of halogens is 1. The molecule has 0 N–H and O–H groups in total. The fourth-order valence-corrected chi connectivity index (χ4v) is 2.53. The summed E-state index contributed by atoms with van der Waals surface area (Å²) in [7, 11) is 0. The molecule has 0 saturated carbocycles. The van der Waals surface area contributed by atoms with Gasteiger partial charge in [-0.15, -0.1) is 0 Å². The lowest BCUT2D eigenvalue weighted by Crippen LogP contribution is -2.44. The fraction of sp³-hybridized carbons (Fsp3) is 0.235. The summed E-state index contributed by atoms with van der Waals surface area (Å²) in [6.07, 6.45) is 1.90. The first-order valence-electron chi connectivity index (χ1n) is 7.16. The van der Waals surface area contributed by atoms with Gasteiger partial charge < -0.3 is 4.90 Å². The lowest BCUT2D eigenvalue weighted by Gasteiger charge is -2.34. The molecule has 0 atom stereocenters. The second-order valence-electron chi connectivity index (χ2n) is 5.07. The van der Waals surface area contributed by atoms with Crippen molar-refractivity contribution in [1.82, 2.24) is 5.01 Å². The molecule has 108 valence electrons. The molecule has 1 saturated heterocycles. The minimum atomic E-state index is 0.753. The van der Waals surface area contributed by atoms with Gasteiger partial charge in [0.05, 0.1) is 19.3 Å². The standard InChI is InChI=1S/C17H18ClN3/c18-16-8-6-15(7-9-16)14-19-21-12-10-20(11-13-21)17-4-2-1-3-5-17/h1-9,14H,10-13H2/b19-14-. The van der Waals surface area contributed by atoms with Crippen LogP contribution >= 0.6 is 11.6 Å². The minimum Gasteiger partial charge on any atom is -0.368 e. The summed E-state index contributed by atoms with van der Waals surface area (Å²) >= 11 is 5.87. The first kappa shape index (κ1) is 14.0. The Morgan fingerprint density at radius 1 is 0.857 bits per heavy atom. The van der Waals surface area contributed by atoms with Gasteiger partial charge in [0, 0.05) is 23.8 Å². The van der Waals surface area contributed by atoms with Crippen molar-refractivity contribution in [2.75, 3.05) is 31.1 Å². The quantitative estimate of drug-likeness (QED) is 0.808. The molecule has 3 nitrogen and oxygen atoms in total. The molecule has 0 aromatic heterocycles. The third-order valence-electron chi connectivity index (χ3n) is 3.62. The van der Waals surface area contributed by atoms with E-state index in [1.165, 1.54) is 5.69 Å². The molecule has 21 heavy (non-hydrogen) atoms. The maximum absolute atomic E-state index is 5.87. The number of rotatable bonds is 3. The van der Waals surface area contributed by atoms with Gasteiger partial charge in [-0.05, 0) is 29.8 Å². The Labute approximate surface area is 130 Å². The molecule has 0 amide bonds. The fourth-order valence-electron chi connectivity index (χ4n) is 2.41. The van der Waals surface area contributed by atoms with Crippen molar-refractivity contribution in [3.05, 3.63) is 65.2 Å². The average molecular weight is 300 g/mol. The van der Waals surface area contributed by atoms with Crippen molar-refractivity contribution in [2.45, 2.75) is 0 Å². The Bertz CT molecular complexity index is 587. The van der Waals surface area contributed by atoms with Gasteiger partial charge in [0.25, 0.3) is 0 Å². The van der Waals surface area contributed by atoms with Crippen LogP contribution < -0.4 is 4.90 Å². The lowest BCUT2D eigenvalue weighted by atomic mass is 10.2. The molecule has 0 aliphatic carbocycles. The number of benzene rings is 2. The molecular formula is C17H18ClN3. The predicted octanol–water partition coefficient (Wildman–Crippen LogP) is 3.50. The van der Waals surface area contributed by atoms with Gasteiger partial charge in [-0.25, -0.2) is 0 Å². The Balaban J connectivity index is 1.55. The van der Waals surface area contributed by atoms with E-state index in [2.05, 4.69) is 45.3 Å². The second-order valence-corrected chi connectivity index (χ2v) is 5.51. The molecule has 2 aromatic carbocycles. The van der Waals surface area contributed by atoms with Crippen molar-refractivity contribution in [3.8, 4) is 0 Å². The van der Waals surface area contributed by atoms with Crippen LogP contribution in [0.1, 0.15) is 5.56 Å². The van der Waals surface area contributed by atoms with Crippen LogP contribution in [0.2, 0.25) is 5.02 Å². The van der Waals surface area contributed by atoms with E-state index in [9.17, 15) is 0 Å². The average Bonchev–Trinajstić information content (AvgIpc) is 2.56. The number of hydrazone groups is 1. The third-order valence-corrected chi connectivity index (χ3v) is 3.87. The van der Waals surface area contributed by atoms with Crippen LogP contribution in [0.5, 0.6) is 0 Å². The third kappa shape index (κ3) is 3.76. The number of para-hydroxylation sites is 1. The smallest absolute Gasteiger partial charge is 0.0542 e. The summed E-state index contributed by atoms with van der Waals surface area (Å²) < 4.78 is 0. The van der Waals surface area contributed by atoms with E-state index in [4.69, 9.17) is 11.6 Å². The molecule has 2 aromatic rings. The molecule has 3 rings (SSSR count). The largest absolute Gasteiger partial charge is 0.368 e. The van der Waals surface area contributed by atoms with Gasteiger partial charge in [0.2, 0.25) is 0 Å². The van der Waals surface area contributed by atoms with Crippen LogP contribution in [0.15, 0.2) is 59.7 Å². The van der Waals surface area contributed by atoms with Crippen LogP contribution in [0.3, 0.4) is 0 Å². The van der Waals surface area contributed by atoms with Crippen molar-refractivity contribution < 1.29 is 0 Å². The molecule has 0 radical (unpaired) electrons. The zero-order chi connectivity index (χ0) is 14.5. The maximum atomic E-state index is 5.87. The summed E-state index contributed by atoms with van der Waals surface area (Å²) in [5, 5.41) is 7.42. The van der Waals surface area contributed by atoms with Gasteiger partial charge in [0.15, 0.2) is 0 Å². The first-order valence-corrected chi connectivity index (χ1v) is 7.53. The van der Waals surface area contributed by atoms with E-state index in [0.29, 0.717) is 0 Å². The van der Waals surface area contributed by atoms with Crippen molar-refractivity contribution >= 4 is 23.5 Å². The molecule has 4 heteroatoms. The summed E-state index contributed by atoms with van der Waals surface area (Å²) in [6, 6.07) is 18.3. The predicted molar refractivity (Wildman–Crippen MR) is 89.3 cm³/mol. The van der Waals surface area contributed by atoms with Crippen LogP contribution in [-0.4, -0.2) is 37.4 Å². The van der Waals surface area contributed by atoms with Gasteiger partial charge in [-0.3, -0.25) is 5.01 Å². The van der Waals surface area contributed by atoms with Crippen molar-refractivity contribution in [3.63, 3.8) is 0 Å². The summed E-state index contributed by atoms with van der Waals surface area (Å²) in [6.45, 7) is 3.89.